The van der Waals surface area contributed by atoms with Crippen molar-refractivity contribution in [2.45, 2.75) is 45.8 Å². The first-order valence-corrected chi connectivity index (χ1v) is 11.8. The largest absolute Gasteiger partial charge is 0.508 e. The first-order chi connectivity index (χ1) is 16.6. The second kappa shape index (κ2) is 9.71. The van der Waals surface area contributed by atoms with Gasteiger partial charge in [0.2, 0.25) is 11.7 Å². The van der Waals surface area contributed by atoms with E-state index in [0.29, 0.717) is 22.1 Å². The summed E-state index contributed by atoms with van der Waals surface area (Å²) in [5.41, 5.74) is -0.164. The number of aromatic hydroxyl groups is 1. The van der Waals surface area contributed by atoms with E-state index in [2.05, 4.69) is 20.7 Å². The van der Waals surface area contributed by atoms with Gasteiger partial charge in [0, 0.05) is 22.2 Å². The van der Waals surface area contributed by atoms with Crippen LogP contribution in [0.15, 0.2) is 58.3 Å². The molecular weight excluding hydrogens is 468 g/mol. The fourth-order valence-electron chi connectivity index (χ4n) is 3.50. The summed E-state index contributed by atoms with van der Waals surface area (Å²) < 4.78 is 5.53. The normalized spacial score (nSPS) is 12.3. The highest BCUT2D eigenvalue weighted by molar-refractivity contribution is 7.10. The highest BCUT2D eigenvalue weighted by Gasteiger charge is 2.35. The lowest BCUT2D eigenvalue weighted by Crippen LogP contribution is -2.50. The van der Waals surface area contributed by atoms with Gasteiger partial charge in [-0.1, -0.05) is 12.1 Å². The lowest BCUT2D eigenvalue weighted by atomic mass is 10.1. The molecule has 35 heavy (non-hydrogen) atoms. The molecule has 11 heteroatoms. The summed E-state index contributed by atoms with van der Waals surface area (Å²) in [6, 6.07) is 12.4. The maximum Gasteiger partial charge on any atom is 0.251 e. The Bertz CT molecular complexity index is 1320. The Kier molecular flexibility index (Phi) is 6.70. The zero-order chi connectivity index (χ0) is 25.2. The van der Waals surface area contributed by atoms with E-state index in [9.17, 15) is 14.7 Å². The van der Waals surface area contributed by atoms with E-state index in [4.69, 9.17) is 4.42 Å². The Morgan fingerprint density at radius 1 is 1.20 bits per heavy atom. The van der Waals surface area contributed by atoms with Crippen LogP contribution in [0.3, 0.4) is 0 Å². The van der Waals surface area contributed by atoms with Crippen molar-refractivity contribution in [3.05, 3.63) is 64.5 Å². The molecule has 182 valence electrons. The lowest BCUT2D eigenvalue weighted by Gasteiger charge is -2.33. The van der Waals surface area contributed by atoms with Crippen LogP contribution in [0.2, 0.25) is 0 Å². The number of rotatable bonds is 7. The third kappa shape index (κ3) is 5.75. The SMILES string of the molecule is Cc1ccc(-c2nnn(CC(=O)N(c3cccc(O)c3)[C@@H](C(=O)NC(C)(C)C)c3cccs3)n2)o1. The van der Waals surface area contributed by atoms with Gasteiger partial charge in [0.25, 0.3) is 5.91 Å². The molecule has 0 saturated heterocycles. The van der Waals surface area contributed by atoms with Crippen LogP contribution in [0.4, 0.5) is 5.69 Å². The first kappa shape index (κ1) is 24.1. The fourth-order valence-corrected chi connectivity index (χ4v) is 4.31. The van der Waals surface area contributed by atoms with Gasteiger partial charge in [-0.05, 0) is 68.6 Å². The summed E-state index contributed by atoms with van der Waals surface area (Å²) in [5.74, 6) is 0.539. The van der Waals surface area contributed by atoms with Gasteiger partial charge in [0.15, 0.2) is 5.76 Å². The monoisotopic (exact) mass is 494 g/mol. The summed E-state index contributed by atoms with van der Waals surface area (Å²) in [7, 11) is 0. The van der Waals surface area contributed by atoms with Crippen molar-refractivity contribution in [3.63, 3.8) is 0 Å². The molecule has 0 saturated carbocycles. The van der Waals surface area contributed by atoms with Crippen molar-refractivity contribution in [2.24, 2.45) is 0 Å². The second-order valence-corrected chi connectivity index (χ2v) is 9.97. The van der Waals surface area contributed by atoms with Crippen molar-refractivity contribution in [3.8, 4) is 17.3 Å². The Balaban J connectivity index is 1.71. The number of furan rings is 1. The number of hydrogen-bond acceptors (Lipinski definition) is 8. The molecule has 0 fully saturated rings. The third-order valence-corrected chi connectivity index (χ3v) is 5.81. The highest BCUT2D eigenvalue weighted by Crippen LogP contribution is 2.33. The Morgan fingerprint density at radius 3 is 2.63 bits per heavy atom. The molecule has 0 aliphatic heterocycles. The number of benzene rings is 1. The quantitative estimate of drug-likeness (QED) is 0.401. The Labute approximate surface area is 206 Å². The maximum atomic E-state index is 13.7. The van der Waals surface area contributed by atoms with Crippen LogP contribution in [-0.2, 0) is 16.1 Å². The average Bonchev–Trinajstić information content (AvgIpc) is 3.52. The first-order valence-electron chi connectivity index (χ1n) is 10.9. The van der Waals surface area contributed by atoms with E-state index in [1.807, 2.05) is 32.2 Å². The molecule has 2 amide bonds. The highest BCUT2D eigenvalue weighted by atomic mass is 32.1. The number of phenolic OH excluding ortho intramolecular Hbond substituents is 1. The van der Waals surface area contributed by atoms with Crippen LogP contribution in [-0.4, -0.2) is 42.7 Å². The summed E-state index contributed by atoms with van der Waals surface area (Å²) in [4.78, 5) is 30.4. The van der Waals surface area contributed by atoms with Gasteiger partial charge in [-0.25, -0.2) is 0 Å². The van der Waals surface area contributed by atoms with E-state index in [1.54, 1.807) is 37.3 Å². The van der Waals surface area contributed by atoms with Gasteiger partial charge < -0.3 is 14.8 Å². The molecule has 0 radical (unpaired) electrons. The topological polar surface area (TPSA) is 126 Å². The van der Waals surface area contributed by atoms with Crippen LogP contribution >= 0.6 is 11.3 Å². The van der Waals surface area contributed by atoms with Crippen molar-refractivity contribution in [1.82, 2.24) is 25.5 Å². The summed E-state index contributed by atoms with van der Waals surface area (Å²) in [6.07, 6.45) is 0. The van der Waals surface area contributed by atoms with Crippen LogP contribution < -0.4 is 10.2 Å². The summed E-state index contributed by atoms with van der Waals surface area (Å²) >= 11 is 1.36. The molecule has 0 spiro atoms. The maximum absolute atomic E-state index is 13.7. The zero-order valence-corrected chi connectivity index (χ0v) is 20.6. The van der Waals surface area contributed by atoms with E-state index in [1.165, 1.54) is 28.4 Å². The minimum Gasteiger partial charge on any atom is -0.508 e. The van der Waals surface area contributed by atoms with Gasteiger partial charge in [0.1, 0.15) is 24.1 Å². The molecule has 3 heterocycles. The van der Waals surface area contributed by atoms with E-state index >= 15 is 0 Å². The minimum absolute atomic E-state index is 0.0317. The van der Waals surface area contributed by atoms with Gasteiger partial charge in [-0.15, -0.1) is 21.5 Å². The van der Waals surface area contributed by atoms with E-state index in [0.717, 1.165) is 4.80 Å². The number of tetrazole rings is 1. The number of carbonyl (C=O) groups is 2. The number of nitrogens with one attached hydrogen (secondary N) is 1. The van der Waals surface area contributed by atoms with Crippen molar-refractivity contribution in [2.75, 3.05) is 4.90 Å². The van der Waals surface area contributed by atoms with Gasteiger partial charge in [-0.3, -0.25) is 14.5 Å². The number of phenols is 1. The smallest absolute Gasteiger partial charge is 0.251 e. The van der Waals surface area contributed by atoms with Gasteiger partial charge in [-0.2, -0.15) is 4.80 Å². The van der Waals surface area contributed by atoms with Crippen molar-refractivity contribution < 1.29 is 19.1 Å². The van der Waals surface area contributed by atoms with Crippen LogP contribution in [0.1, 0.15) is 37.5 Å². The van der Waals surface area contributed by atoms with Gasteiger partial charge >= 0.3 is 0 Å². The Hall–Kier alpha value is -3.99. The second-order valence-electron chi connectivity index (χ2n) is 8.99. The average molecular weight is 495 g/mol. The third-order valence-electron chi connectivity index (χ3n) is 4.88. The molecule has 1 aromatic carbocycles. The number of nitrogens with zero attached hydrogens (tertiary/aromatic N) is 5. The fraction of sp³-hybridized carbons (Fsp3) is 0.292. The number of carbonyl (C=O) groups excluding carboxylic acids is 2. The molecule has 0 aliphatic rings. The van der Waals surface area contributed by atoms with Crippen LogP contribution in [0, 0.1) is 6.92 Å². The van der Waals surface area contributed by atoms with E-state index in [-0.39, 0.29) is 24.0 Å². The number of anilines is 1. The van der Waals surface area contributed by atoms with Crippen molar-refractivity contribution in [1.29, 1.82) is 0 Å². The molecule has 4 rings (SSSR count). The molecule has 1 atom stereocenters. The summed E-state index contributed by atoms with van der Waals surface area (Å²) in [5, 5.41) is 27.1. The zero-order valence-electron chi connectivity index (χ0n) is 19.8. The molecule has 2 N–H and O–H groups in total. The molecule has 0 bridgehead atoms. The number of thiophene rings is 1. The van der Waals surface area contributed by atoms with Crippen LogP contribution in [0.5, 0.6) is 5.75 Å². The number of aromatic nitrogens is 4. The molecule has 4 aromatic rings. The predicted octanol–water partition coefficient (Wildman–Crippen LogP) is 3.70. The van der Waals surface area contributed by atoms with Crippen LogP contribution in [0.25, 0.3) is 11.6 Å². The molecular formula is C24H26N6O4S. The number of aryl methyl sites for hydroxylation is 1. The number of amides is 2. The summed E-state index contributed by atoms with van der Waals surface area (Å²) in [6.45, 7) is 7.13. The lowest BCUT2D eigenvalue weighted by molar-refractivity contribution is -0.128. The molecule has 10 nitrogen and oxygen atoms in total. The van der Waals surface area contributed by atoms with Crippen molar-refractivity contribution >= 4 is 28.8 Å². The minimum atomic E-state index is -0.973. The Morgan fingerprint density at radius 2 is 2.00 bits per heavy atom. The standard InChI is InChI=1S/C24H26N6O4S/c1-15-10-11-18(34-15)22-26-28-29(27-22)14-20(32)30(16-7-5-8-17(31)13-16)21(19-9-6-12-35-19)23(33)25-24(2,3)4/h5-13,21,31H,14H2,1-4H3,(H,25,33)/t21-/m1/s1. The molecule has 0 unspecified atom stereocenters. The van der Waals surface area contributed by atoms with Gasteiger partial charge in [0.05, 0.1) is 0 Å². The molecule has 0 aliphatic carbocycles. The molecule has 3 aromatic heterocycles. The predicted molar refractivity (Wildman–Crippen MR) is 131 cm³/mol. The van der Waals surface area contributed by atoms with E-state index < -0.39 is 17.5 Å². The number of hydrogen-bond donors (Lipinski definition) is 2.